The van der Waals surface area contributed by atoms with Gasteiger partial charge in [-0.25, -0.2) is 0 Å². The monoisotopic (exact) mass is 359 g/mol. The first-order chi connectivity index (χ1) is 11.9. The Labute approximate surface area is 152 Å². The van der Waals surface area contributed by atoms with Crippen LogP contribution in [0.1, 0.15) is 35.8 Å². The maximum absolute atomic E-state index is 12.4. The number of carbonyl (C=O) groups is 2. The van der Waals surface area contributed by atoms with Crippen molar-refractivity contribution in [2.45, 2.75) is 19.9 Å². The number of benzene rings is 2. The van der Waals surface area contributed by atoms with Crippen molar-refractivity contribution in [1.29, 1.82) is 0 Å². The Kier molecular flexibility index (Phi) is 6.56. The van der Waals surface area contributed by atoms with E-state index in [1.165, 1.54) is 0 Å². The zero-order chi connectivity index (χ0) is 18.4. The minimum Gasteiger partial charge on any atom is -0.350 e. The van der Waals surface area contributed by atoms with Crippen LogP contribution in [0.4, 0.5) is 5.69 Å². The van der Waals surface area contributed by atoms with Gasteiger partial charge in [0.2, 0.25) is 5.91 Å². The highest BCUT2D eigenvalue weighted by molar-refractivity contribution is 6.34. The standard InChI is InChI=1S/C19H22ClN3O2/c1-12(2)18(24)23-14-8-9-16(20)15(10-14)19(25)22-11-17(21)13-6-4-3-5-7-13/h3-10,12,17H,11,21H2,1-2H3,(H,22,25)(H,23,24). The molecule has 2 rings (SSSR count). The van der Waals surface area contributed by atoms with E-state index < -0.39 is 0 Å². The van der Waals surface area contributed by atoms with Crippen LogP contribution >= 0.6 is 11.6 Å². The molecular weight excluding hydrogens is 338 g/mol. The van der Waals surface area contributed by atoms with Gasteiger partial charge in [0.25, 0.3) is 5.91 Å². The second-order valence-corrected chi connectivity index (χ2v) is 6.47. The van der Waals surface area contributed by atoms with Gasteiger partial charge in [-0.3, -0.25) is 9.59 Å². The van der Waals surface area contributed by atoms with E-state index in [0.717, 1.165) is 5.56 Å². The van der Waals surface area contributed by atoms with Gasteiger partial charge in [-0.05, 0) is 23.8 Å². The van der Waals surface area contributed by atoms with Gasteiger partial charge in [0, 0.05) is 24.2 Å². The predicted molar refractivity (Wildman–Crippen MR) is 101 cm³/mol. The number of hydrogen-bond donors (Lipinski definition) is 3. The quantitative estimate of drug-likeness (QED) is 0.739. The molecule has 0 aliphatic heterocycles. The van der Waals surface area contributed by atoms with Crippen molar-refractivity contribution in [3.8, 4) is 0 Å². The zero-order valence-corrected chi connectivity index (χ0v) is 15.0. The molecule has 1 atom stereocenters. The Hall–Kier alpha value is -2.37. The number of amides is 2. The van der Waals surface area contributed by atoms with Crippen LogP contribution in [0.5, 0.6) is 0 Å². The van der Waals surface area contributed by atoms with E-state index in [1.54, 1.807) is 32.0 Å². The molecule has 0 fully saturated rings. The third-order valence-electron chi connectivity index (χ3n) is 3.71. The van der Waals surface area contributed by atoms with Crippen molar-refractivity contribution < 1.29 is 9.59 Å². The molecule has 5 nitrogen and oxygen atoms in total. The van der Waals surface area contributed by atoms with E-state index in [1.807, 2.05) is 30.3 Å². The number of hydrogen-bond acceptors (Lipinski definition) is 3. The Bertz CT molecular complexity index is 748. The summed E-state index contributed by atoms with van der Waals surface area (Å²) in [6, 6.07) is 14.0. The number of carbonyl (C=O) groups excluding carboxylic acids is 2. The molecule has 0 spiro atoms. The fourth-order valence-electron chi connectivity index (χ4n) is 2.18. The summed E-state index contributed by atoms with van der Waals surface area (Å²) in [6.45, 7) is 3.87. The Balaban J connectivity index is 2.04. The molecule has 0 saturated heterocycles. The van der Waals surface area contributed by atoms with E-state index in [4.69, 9.17) is 17.3 Å². The normalized spacial score (nSPS) is 11.9. The van der Waals surface area contributed by atoms with Gasteiger partial charge in [0.1, 0.15) is 0 Å². The number of rotatable bonds is 6. The Morgan fingerprint density at radius 1 is 1.12 bits per heavy atom. The summed E-state index contributed by atoms with van der Waals surface area (Å²) in [6.07, 6.45) is 0. The minimum atomic E-state index is -0.336. The van der Waals surface area contributed by atoms with Crippen molar-refractivity contribution in [3.63, 3.8) is 0 Å². The molecule has 0 radical (unpaired) electrons. The average Bonchev–Trinajstić information content (AvgIpc) is 2.61. The lowest BCUT2D eigenvalue weighted by Gasteiger charge is -2.14. The van der Waals surface area contributed by atoms with Crippen molar-refractivity contribution >= 4 is 29.1 Å². The third kappa shape index (κ3) is 5.31. The summed E-state index contributed by atoms with van der Waals surface area (Å²) < 4.78 is 0. The Morgan fingerprint density at radius 2 is 1.80 bits per heavy atom. The lowest BCUT2D eigenvalue weighted by Crippen LogP contribution is -2.32. The minimum absolute atomic E-state index is 0.125. The lowest BCUT2D eigenvalue weighted by atomic mass is 10.1. The van der Waals surface area contributed by atoms with Gasteiger partial charge in [0.15, 0.2) is 0 Å². The highest BCUT2D eigenvalue weighted by atomic mass is 35.5. The summed E-state index contributed by atoms with van der Waals surface area (Å²) in [7, 11) is 0. The first kappa shape index (κ1) is 19.0. The van der Waals surface area contributed by atoms with E-state index in [-0.39, 0.29) is 30.3 Å². The fourth-order valence-corrected chi connectivity index (χ4v) is 2.38. The molecule has 0 aliphatic rings. The SMILES string of the molecule is CC(C)C(=O)Nc1ccc(Cl)c(C(=O)NCC(N)c2ccccc2)c1. The van der Waals surface area contributed by atoms with Crippen molar-refractivity contribution in [1.82, 2.24) is 5.32 Å². The number of nitrogens with one attached hydrogen (secondary N) is 2. The maximum atomic E-state index is 12.4. The third-order valence-corrected chi connectivity index (χ3v) is 4.04. The molecule has 2 aromatic rings. The molecule has 0 saturated carbocycles. The predicted octanol–water partition coefficient (Wildman–Crippen LogP) is 3.36. The van der Waals surface area contributed by atoms with Gasteiger partial charge in [0.05, 0.1) is 10.6 Å². The highest BCUT2D eigenvalue weighted by Crippen LogP contribution is 2.21. The molecule has 132 valence electrons. The first-order valence-electron chi connectivity index (χ1n) is 8.07. The fraction of sp³-hybridized carbons (Fsp3) is 0.263. The van der Waals surface area contributed by atoms with E-state index in [2.05, 4.69) is 10.6 Å². The van der Waals surface area contributed by atoms with Gasteiger partial charge in [-0.2, -0.15) is 0 Å². The van der Waals surface area contributed by atoms with Crippen molar-refractivity contribution in [3.05, 3.63) is 64.7 Å². The number of nitrogens with two attached hydrogens (primary N) is 1. The van der Waals surface area contributed by atoms with Gasteiger partial charge in [-0.15, -0.1) is 0 Å². The summed E-state index contributed by atoms with van der Waals surface area (Å²) in [5, 5.41) is 5.85. The summed E-state index contributed by atoms with van der Waals surface area (Å²) in [5.74, 6) is -0.617. The molecule has 4 N–H and O–H groups in total. The lowest BCUT2D eigenvalue weighted by molar-refractivity contribution is -0.118. The summed E-state index contributed by atoms with van der Waals surface area (Å²) in [5.41, 5.74) is 7.84. The molecule has 2 aromatic carbocycles. The molecule has 0 bridgehead atoms. The number of halogens is 1. The second kappa shape index (κ2) is 8.65. The summed E-state index contributed by atoms with van der Waals surface area (Å²) >= 11 is 6.12. The van der Waals surface area contributed by atoms with E-state index >= 15 is 0 Å². The zero-order valence-electron chi connectivity index (χ0n) is 14.3. The molecule has 2 amide bonds. The van der Waals surface area contributed by atoms with Crippen LogP contribution in [-0.4, -0.2) is 18.4 Å². The van der Waals surface area contributed by atoms with Crippen molar-refractivity contribution in [2.75, 3.05) is 11.9 Å². The molecule has 25 heavy (non-hydrogen) atoms. The second-order valence-electron chi connectivity index (χ2n) is 6.07. The topological polar surface area (TPSA) is 84.2 Å². The van der Waals surface area contributed by atoms with E-state index in [0.29, 0.717) is 16.3 Å². The molecule has 0 aromatic heterocycles. The van der Waals surface area contributed by atoms with Gasteiger partial charge in [-0.1, -0.05) is 55.8 Å². The molecular formula is C19H22ClN3O2. The van der Waals surface area contributed by atoms with Crippen LogP contribution in [0.2, 0.25) is 5.02 Å². The van der Waals surface area contributed by atoms with Crippen LogP contribution in [0.25, 0.3) is 0 Å². The van der Waals surface area contributed by atoms with Crippen LogP contribution in [0.15, 0.2) is 48.5 Å². The van der Waals surface area contributed by atoms with E-state index in [9.17, 15) is 9.59 Å². The summed E-state index contributed by atoms with van der Waals surface area (Å²) in [4.78, 5) is 24.2. The van der Waals surface area contributed by atoms with Crippen LogP contribution in [-0.2, 0) is 4.79 Å². The largest absolute Gasteiger partial charge is 0.350 e. The molecule has 1 unspecified atom stereocenters. The van der Waals surface area contributed by atoms with Gasteiger partial charge >= 0.3 is 0 Å². The average molecular weight is 360 g/mol. The van der Waals surface area contributed by atoms with Gasteiger partial charge < -0.3 is 16.4 Å². The molecule has 0 heterocycles. The molecule has 6 heteroatoms. The molecule has 0 aliphatic carbocycles. The maximum Gasteiger partial charge on any atom is 0.252 e. The van der Waals surface area contributed by atoms with Crippen molar-refractivity contribution in [2.24, 2.45) is 11.7 Å². The van der Waals surface area contributed by atoms with Crippen LogP contribution < -0.4 is 16.4 Å². The number of anilines is 1. The highest BCUT2D eigenvalue weighted by Gasteiger charge is 2.15. The first-order valence-corrected chi connectivity index (χ1v) is 8.45. The van der Waals surface area contributed by atoms with Crippen LogP contribution in [0.3, 0.4) is 0 Å². The smallest absolute Gasteiger partial charge is 0.252 e. The Morgan fingerprint density at radius 3 is 2.44 bits per heavy atom. The van der Waals surface area contributed by atoms with Crippen LogP contribution in [0, 0.1) is 5.92 Å².